The Hall–Kier alpha value is -7.52. The number of carbonyl (C=O) groups is 8. The fourth-order valence-electron chi connectivity index (χ4n) is 8.95. The van der Waals surface area contributed by atoms with Crippen molar-refractivity contribution >= 4 is 53.2 Å². The van der Waals surface area contributed by atoms with Gasteiger partial charge in [0.25, 0.3) is 0 Å². The Bertz CT molecular complexity index is 2380. The van der Waals surface area contributed by atoms with Gasteiger partial charge in [-0.2, -0.15) is 0 Å². The number of H-pyrrole nitrogens is 1. The second kappa shape index (κ2) is 28.7. The average molecular weight is 1030 g/mol. The summed E-state index contributed by atoms with van der Waals surface area (Å²) in [6, 6.07) is 7.14. The van der Waals surface area contributed by atoms with Gasteiger partial charge in [-0.1, -0.05) is 83.0 Å². The molecule has 22 heteroatoms. The van der Waals surface area contributed by atoms with E-state index in [9.17, 15) is 43.5 Å². The third-order valence-electron chi connectivity index (χ3n) is 13.4. The molecule has 2 aliphatic rings. The number of nitrogens with two attached hydrogens (primary N) is 2. The van der Waals surface area contributed by atoms with Crippen LogP contribution in [0.15, 0.2) is 72.1 Å². The van der Waals surface area contributed by atoms with Crippen molar-refractivity contribution in [2.24, 2.45) is 28.3 Å². The first-order valence-electron chi connectivity index (χ1n) is 25.7. The molecule has 3 aromatic rings. The Labute approximate surface area is 432 Å². The average Bonchev–Trinajstić information content (AvgIpc) is 4.09. The molecule has 402 valence electrons. The van der Waals surface area contributed by atoms with E-state index in [1.54, 1.807) is 32.9 Å². The van der Waals surface area contributed by atoms with Gasteiger partial charge in [0.15, 0.2) is 5.96 Å². The van der Waals surface area contributed by atoms with Crippen LogP contribution in [-0.2, 0) is 57.6 Å². The summed E-state index contributed by atoms with van der Waals surface area (Å²) >= 11 is 0. The number of imidazole rings is 1. The van der Waals surface area contributed by atoms with Crippen LogP contribution in [0.5, 0.6) is 5.75 Å². The molecule has 0 saturated carbocycles. The highest BCUT2D eigenvalue weighted by atomic mass is 16.3. The Morgan fingerprint density at radius 2 is 1.34 bits per heavy atom. The van der Waals surface area contributed by atoms with Crippen LogP contribution >= 0.6 is 0 Å². The molecule has 13 N–H and O–H groups in total. The van der Waals surface area contributed by atoms with Gasteiger partial charge in [-0.05, 0) is 73.6 Å². The zero-order valence-electron chi connectivity index (χ0n) is 42.9. The van der Waals surface area contributed by atoms with Crippen LogP contribution in [0, 0.1) is 11.8 Å². The maximum Gasteiger partial charge on any atom is 0.246 e. The number of fused-ring (bicyclic) bond motifs is 1. The minimum Gasteiger partial charge on any atom is -0.508 e. The zero-order valence-corrected chi connectivity index (χ0v) is 42.9. The number of hydrogen-bond donors (Lipinski definition) is 11. The van der Waals surface area contributed by atoms with Gasteiger partial charge in [-0.3, -0.25) is 43.3 Å². The van der Waals surface area contributed by atoms with Gasteiger partial charge >= 0.3 is 0 Å². The summed E-state index contributed by atoms with van der Waals surface area (Å²) in [5, 5.41) is 30.0. The van der Waals surface area contributed by atoms with Gasteiger partial charge < -0.3 is 63.7 Å². The van der Waals surface area contributed by atoms with E-state index in [1.165, 1.54) is 29.6 Å². The van der Waals surface area contributed by atoms with Gasteiger partial charge in [0.1, 0.15) is 48.0 Å². The van der Waals surface area contributed by atoms with Gasteiger partial charge in [0.05, 0.1) is 6.33 Å². The molecular weight excluding hydrogens is 951 g/mol. The van der Waals surface area contributed by atoms with Crippen LogP contribution in [0.4, 0.5) is 0 Å². The van der Waals surface area contributed by atoms with Gasteiger partial charge in [0.2, 0.25) is 47.3 Å². The first-order chi connectivity index (χ1) is 35.4. The van der Waals surface area contributed by atoms with E-state index in [4.69, 9.17) is 11.5 Å². The van der Waals surface area contributed by atoms with Crippen LogP contribution in [0.2, 0.25) is 0 Å². The number of carbonyl (C=O) groups excluding carboxylic acids is 8. The molecule has 2 aliphatic heterocycles. The lowest BCUT2D eigenvalue weighted by molar-refractivity contribution is -0.142. The number of aromatic hydroxyl groups is 1. The Morgan fingerprint density at radius 1 is 0.703 bits per heavy atom. The zero-order chi connectivity index (χ0) is 53.7. The molecule has 8 amide bonds. The van der Waals surface area contributed by atoms with Crippen LogP contribution in [0.25, 0.3) is 0 Å². The van der Waals surface area contributed by atoms with Crippen LogP contribution < -0.4 is 48.7 Å². The number of guanidine groups is 1. The van der Waals surface area contributed by atoms with E-state index in [-0.39, 0.29) is 63.4 Å². The number of nitrogens with zero attached hydrogens (tertiary/aromatic N) is 3. The molecule has 0 bridgehead atoms. The van der Waals surface area contributed by atoms with Crippen molar-refractivity contribution in [3.63, 3.8) is 0 Å². The summed E-state index contributed by atoms with van der Waals surface area (Å²) in [5.41, 5.74) is 12.9. The smallest absolute Gasteiger partial charge is 0.246 e. The summed E-state index contributed by atoms with van der Waals surface area (Å²) < 4.78 is 0. The lowest BCUT2D eigenvalue weighted by Crippen LogP contribution is -2.62. The van der Waals surface area contributed by atoms with Crippen molar-refractivity contribution in [1.29, 1.82) is 0 Å². The van der Waals surface area contributed by atoms with E-state index in [2.05, 4.69) is 52.2 Å². The predicted octanol–water partition coefficient (Wildman–Crippen LogP) is 0.489. The van der Waals surface area contributed by atoms with Gasteiger partial charge in [-0.25, -0.2) is 4.98 Å². The van der Waals surface area contributed by atoms with Gasteiger partial charge in [0, 0.05) is 57.2 Å². The lowest BCUT2D eigenvalue weighted by Gasteiger charge is -2.32. The van der Waals surface area contributed by atoms with E-state index < -0.39 is 101 Å². The highest BCUT2D eigenvalue weighted by Crippen LogP contribution is 2.21. The quantitative estimate of drug-likeness (QED) is 0.0633. The molecule has 0 spiro atoms. The number of hydrogen-bond acceptors (Lipinski definition) is 11. The van der Waals surface area contributed by atoms with Crippen molar-refractivity contribution in [2.75, 3.05) is 19.6 Å². The molecule has 3 heterocycles. The van der Waals surface area contributed by atoms with Crippen LogP contribution in [0.1, 0.15) is 102 Å². The fraction of sp³-hybridized carbons (Fsp3) is 0.538. The minimum absolute atomic E-state index is 0.0243. The maximum absolute atomic E-state index is 14.7. The van der Waals surface area contributed by atoms with Crippen molar-refractivity contribution in [1.82, 2.24) is 52.1 Å². The number of amides is 8. The first kappa shape index (κ1) is 57.4. The molecule has 2 fully saturated rings. The lowest BCUT2D eigenvalue weighted by atomic mass is 9.96. The number of aliphatic imine (C=N–C) groups is 1. The number of aromatic nitrogens is 2. The topological polar surface area (TPSA) is 337 Å². The van der Waals surface area contributed by atoms with Crippen molar-refractivity contribution in [3.05, 3.63) is 83.9 Å². The summed E-state index contributed by atoms with van der Waals surface area (Å²) in [4.78, 5) is 126. The van der Waals surface area contributed by atoms with E-state index in [0.29, 0.717) is 56.2 Å². The predicted molar refractivity (Wildman–Crippen MR) is 276 cm³/mol. The molecule has 0 aliphatic carbocycles. The molecule has 1 aromatic heterocycles. The van der Waals surface area contributed by atoms with Gasteiger partial charge in [-0.15, -0.1) is 0 Å². The number of benzene rings is 2. The summed E-state index contributed by atoms with van der Waals surface area (Å²) in [7, 11) is 0. The van der Waals surface area contributed by atoms with E-state index in [1.807, 2.05) is 37.3 Å². The fourth-order valence-corrected chi connectivity index (χ4v) is 8.95. The highest BCUT2D eigenvalue weighted by Gasteiger charge is 2.41. The third-order valence-corrected chi connectivity index (χ3v) is 13.4. The summed E-state index contributed by atoms with van der Waals surface area (Å²) in [5.74, 6) is -5.95. The minimum atomic E-state index is -1.33. The van der Waals surface area contributed by atoms with Crippen LogP contribution in [0.3, 0.4) is 0 Å². The van der Waals surface area contributed by atoms with Crippen molar-refractivity contribution in [2.45, 2.75) is 147 Å². The molecule has 2 saturated heterocycles. The molecule has 2 aromatic carbocycles. The van der Waals surface area contributed by atoms with E-state index in [0.717, 1.165) is 5.56 Å². The molecule has 0 radical (unpaired) electrons. The monoisotopic (exact) mass is 1030 g/mol. The second-order valence-corrected chi connectivity index (χ2v) is 19.5. The Kier molecular flexibility index (Phi) is 22.2. The standard InChI is InChI=1S/C52H75N13O9/c1-5-32(4)44-50(73)62-40(28-35-29-55-30-58-35)51(74)65-25-13-17-41(65)48(71)60-38(26-33-14-8-6-9-15-33)45(68)56-23-11-7-10-18-42(67)59-37(16-12-24-57-52(53)54)46(69)63-43(31(2)3)49(72)61-39(47(70)64-44)27-34-19-21-36(66)22-20-34/h6,8-9,14-15,19-22,29-32,37-41,43-44,66H,5,7,10-13,16-18,23-28H2,1-4H3,(H,55,58)(H,56,68)(H,59,67)(H,60,71)(H,61,72)(H,62,73)(H,63,69)(H,64,70)(H4,53,54,57)/t32-,37-,38-,39-,40-,41-,43-,44-/m0/s1. The number of phenols is 1. The molecule has 22 nitrogen and oxygen atoms in total. The summed E-state index contributed by atoms with van der Waals surface area (Å²) in [6.45, 7) is 7.61. The van der Waals surface area contributed by atoms with E-state index >= 15 is 0 Å². The number of aromatic amines is 1. The number of rotatable bonds is 13. The van der Waals surface area contributed by atoms with Crippen LogP contribution in [-0.4, -0.2) is 135 Å². The maximum atomic E-state index is 14.7. The number of nitrogens with one attached hydrogen (secondary N) is 8. The molecule has 0 unspecified atom stereocenters. The molecular formula is C52H75N13O9. The highest BCUT2D eigenvalue weighted by molar-refractivity contribution is 5.98. The number of phenolic OH excluding ortho intramolecular Hbond substituents is 1. The Morgan fingerprint density at radius 3 is 2.00 bits per heavy atom. The summed E-state index contributed by atoms with van der Waals surface area (Å²) in [6.07, 6.45) is 6.08. The normalized spacial score (nSPS) is 24.1. The van der Waals surface area contributed by atoms with Crippen molar-refractivity contribution in [3.8, 4) is 5.75 Å². The first-order valence-corrected chi connectivity index (χ1v) is 25.7. The molecule has 5 rings (SSSR count). The SMILES string of the molecule is CC[C@H](C)[C@@H]1NC(=O)[C@H](Cc2ccc(O)cc2)NC(=O)[C@H](C(C)C)NC(=O)[C@H](CCCN=C(N)N)NC(=O)CCCCCNC(=O)[C@H](Cc2ccccc2)NC(=O)[C@@H]2CCCN2C(=O)[C@H](Cc2cnc[nH]2)NC1=O. The third kappa shape index (κ3) is 17.6. The van der Waals surface area contributed by atoms with Crippen molar-refractivity contribution < 1.29 is 43.5 Å². The second-order valence-electron chi connectivity index (χ2n) is 19.5. The largest absolute Gasteiger partial charge is 0.508 e. The Balaban J connectivity index is 1.50. The molecule has 74 heavy (non-hydrogen) atoms. The molecule has 8 atom stereocenters.